The van der Waals surface area contributed by atoms with Gasteiger partial charge in [0.1, 0.15) is 0 Å². The van der Waals surface area contributed by atoms with Crippen LogP contribution in [0.3, 0.4) is 0 Å². The predicted molar refractivity (Wildman–Crippen MR) is 74.9 cm³/mol. The zero-order valence-electron chi connectivity index (χ0n) is 12.5. The summed E-state index contributed by atoms with van der Waals surface area (Å²) in [6.07, 6.45) is 3.48. The van der Waals surface area contributed by atoms with E-state index in [9.17, 15) is 0 Å². The molecule has 0 saturated carbocycles. The molecule has 5 heteroatoms. The number of nitrogens with zero attached hydrogens (tertiary/aromatic N) is 3. The average molecular weight is 266 g/mol. The third-order valence-corrected chi connectivity index (χ3v) is 4.04. The summed E-state index contributed by atoms with van der Waals surface area (Å²) in [5.41, 5.74) is 0. The molecule has 5 nitrogen and oxygen atoms in total. The van der Waals surface area contributed by atoms with E-state index in [0.29, 0.717) is 17.9 Å². The molecule has 2 rings (SSSR count). The average Bonchev–Trinajstić information content (AvgIpc) is 2.86. The molecule has 19 heavy (non-hydrogen) atoms. The molecule has 2 heterocycles. The van der Waals surface area contributed by atoms with E-state index >= 15 is 0 Å². The summed E-state index contributed by atoms with van der Waals surface area (Å²) in [6, 6.07) is 0.757. The molecule has 2 atom stereocenters. The van der Waals surface area contributed by atoms with Gasteiger partial charge in [-0.3, -0.25) is 0 Å². The Morgan fingerprint density at radius 2 is 2.21 bits per heavy atom. The van der Waals surface area contributed by atoms with Crippen LogP contribution in [0.1, 0.15) is 51.4 Å². The second-order valence-electron chi connectivity index (χ2n) is 5.86. The number of likely N-dealkylation sites (tertiary alicyclic amines) is 1. The lowest BCUT2D eigenvalue weighted by molar-refractivity contribution is 0.138. The highest BCUT2D eigenvalue weighted by Gasteiger charge is 2.23. The number of rotatable bonds is 5. The molecule has 0 spiro atoms. The highest BCUT2D eigenvalue weighted by atomic mass is 16.5. The van der Waals surface area contributed by atoms with Gasteiger partial charge in [-0.05, 0) is 53.1 Å². The van der Waals surface area contributed by atoms with Crippen molar-refractivity contribution in [2.45, 2.75) is 52.1 Å². The van der Waals surface area contributed by atoms with Crippen LogP contribution in [0.15, 0.2) is 4.52 Å². The van der Waals surface area contributed by atoms with Crippen molar-refractivity contribution in [3.63, 3.8) is 0 Å². The van der Waals surface area contributed by atoms with Crippen LogP contribution in [0.2, 0.25) is 0 Å². The van der Waals surface area contributed by atoms with Crippen molar-refractivity contribution in [3.05, 3.63) is 11.7 Å². The van der Waals surface area contributed by atoms with Gasteiger partial charge in [0.15, 0.2) is 5.82 Å². The molecule has 1 saturated heterocycles. The monoisotopic (exact) mass is 266 g/mol. The second-order valence-corrected chi connectivity index (χ2v) is 5.86. The first-order valence-corrected chi connectivity index (χ1v) is 7.34. The first-order chi connectivity index (χ1) is 9.10. The molecule has 1 N–H and O–H groups in total. The summed E-state index contributed by atoms with van der Waals surface area (Å²) in [5, 5.41) is 7.22. The van der Waals surface area contributed by atoms with E-state index in [2.05, 4.69) is 34.2 Å². The summed E-state index contributed by atoms with van der Waals surface area (Å²) in [6.45, 7) is 8.94. The van der Waals surface area contributed by atoms with Crippen LogP contribution in [0, 0.1) is 5.92 Å². The number of hydrogen-bond donors (Lipinski definition) is 1. The van der Waals surface area contributed by atoms with Crippen molar-refractivity contribution >= 4 is 0 Å². The van der Waals surface area contributed by atoms with Gasteiger partial charge in [0.25, 0.3) is 0 Å². The molecule has 108 valence electrons. The summed E-state index contributed by atoms with van der Waals surface area (Å²) in [7, 11) is 1.90. The van der Waals surface area contributed by atoms with E-state index in [1.165, 1.54) is 19.4 Å². The van der Waals surface area contributed by atoms with Crippen LogP contribution in [0.4, 0.5) is 0 Å². The normalized spacial score (nSPS) is 22.9. The lowest BCUT2D eigenvalue weighted by atomic mass is 9.94. The predicted octanol–water partition coefficient (Wildman–Crippen LogP) is 2.01. The Labute approximate surface area is 115 Å². The van der Waals surface area contributed by atoms with Crippen molar-refractivity contribution in [3.8, 4) is 0 Å². The summed E-state index contributed by atoms with van der Waals surface area (Å²) in [5.74, 6) is 2.20. The van der Waals surface area contributed by atoms with Gasteiger partial charge in [-0.15, -0.1) is 0 Å². The van der Waals surface area contributed by atoms with Gasteiger partial charge in [0, 0.05) is 19.0 Å². The Hall–Kier alpha value is -0.940. The molecule has 1 aliphatic rings. The lowest BCUT2D eigenvalue weighted by Gasteiger charge is -2.35. The van der Waals surface area contributed by atoms with E-state index in [0.717, 1.165) is 18.8 Å². The Morgan fingerprint density at radius 1 is 1.42 bits per heavy atom. The molecule has 2 unspecified atom stereocenters. The Morgan fingerprint density at radius 3 is 2.89 bits per heavy atom. The molecule has 1 aromatic heterocycles. The number of aromatic nitrogens is 2. The van der Waals surface area contributed by atoms with Crippen molar-refractivity contribution in [1.82, 2.24) is 20.4 Å². The SMILES string of the molecule is CNC(C)c1nc(CC2CCCN(C(C)C)C2)no1. The van der Waals surface area contributed by atoms with Crippen molar-refractivity contribution < 1.29 is 4.52 Å². The number of piperidine rings is 1. The molecular weight excluding hydrogens is 240 g/mol. The van der Waals surface area contributed by atoms with Crippen LogP contribution in [0.25, 0.3) is 0 Å². The van der Waals surface area contributed by atoms with Gasteiger partial charge in [-0.25, -0.2) is 0 Å². The number of nitrogens with one attached hydrogen (secondary N) is 1. The first kappa shape index (κ1) is 14.5. The first-order valence-electron chi connectivity index (χ1n) is 7.34. The molecule has 0 aromatic carbocycles. The van der Waals surface area contributed by atoms with Gasteiger partial charge in [-0.1, -0.05) is 5.16 Å². The molecular formula is C14H26N4O. The fourth-order valence-corrected chi connectivity index (χ4v) is 2.64. The topological polar surface area (TPSA) is 54.2 Å². The standard InChI is InChI=1S/C14H26N4O/c1-10(2)18-7-5-6-12(9-18)8-13-16-14(19-17-13)11(3)15-4/h10-12,15H,5-9H2,1-4H3. The van der Waals surface area contributed by atoms with Gasteiger partial charge in [0.05, 0.1) is 6.04 Å². The zero-order valence-corrected chi connectivity index (χ0v) is 12.5. The van der Waals surface area contributed by atoms with Crippen LogP contribution in [-0.4, -0.2) is 41.2 Å². The maximum Gasteiger partial charge on any atom is 0.243 e. The third kappa shape index (κ3) is 3.76. The Balaban J connectivity index is 1.91. The molecule has 0 radical (unpaired) electrons. The summed E-state index contributed by atoms with van der Waals surface area (Å²) in [4.78, 5) is 7.03. The Bertz CT molecular complexity index is 391. The second kappa shape index (κ2) is 6.48. The van der Waals surface area contributed by atoms with Gasteiger partial charge < -0.3 is 14.7 Å². The fourth-order valence-electron chi connectivity index (χ4n) is 2.64. The van der Waals surface area contributed by atoms with E-state index in [4.69, 9.17) is 4.52 Å². The van der Waals surface area contributed by atoms with Crippen molar-refractivity contribution in [2.24, 2.45) is 5.92 Å². The molecule has 0 amide bonds. The van der Waals surface area contributed by atoms with E-state index < -0.39 is 0 Å². The smallest absolute Gasteiger partial charge is 0.243 e. The Kier molecular flexibility index (Phi) is 4.93. The molecule has 1 aromatic rings. The van der Waals surface area contributed by atoms with Crippen LogP contribution >= 0.6 is 0 Å². The van der Waals surface area contributed by atoms with Crippen molar-refractivity contribution in [1.29, 1.82) is 0 Å². The van der Waals surface area contributed by atoms with Gasteiger partial charge >= 0.3 is 0 Å². The fraction of sp³-hybridized carbons (Fsp3) is 0.857. The maximum atomic E-state index is 5.30. The van der Waals surface area contributed by atoms with Crippen LogP contribution in [-0.2, 0) is 6.42 Å². The quantitative estimate of drug-likeness (QED) is 0.883. The summed E-state index contributed by atoms with van der Waals surface area (Å²) < 4.78 is 5.30. The third-order valence-electron chi connectivity index (χ3n) is 4.04. The molecule has 1 fully saturated rings. The zero-order chi connectivity index (χ0) is 13.8. The molecule has 1 aliphatic heterocycles. The lowest BCUT2D eigenvalue weighted by Crippen LogP contribution is -2.40. The minimum absolute atomic E-state index is 0.125. The van der Waals surface area contributed by atoms with E-state index in [1.54, 1.807) is 0 Å². The van der Waals surface area contributed by atoms with E-state index in [1.807, 2.05) is 14.0 Å². The van der Waals surface area contributed by atoms with Crippen LogP contribution in [0.5, 0.6) is 0 Å². The molecule has 0 bridgehead atoms. The van der Waals surface area contributed by atoms with Crippen LogP contribution < -0.4 is 5.32 Å². The highest BCUT2D eigenvalue weighted by molar-refractivity contribution is 4.93. The number of hydrogen-bond acceptors (Lipinski definition) is 5. The minimum atomic E-state index is 0.125. The largest absolute Gasteiger partial charge is 0.338 e. The maximum absolute atomic E-state index is 5.30. The highest BCUT2D eigenvalue weighted by Crippen LogP contribution is 2.21. The molecule has 0 aliphatic carbocycles. The minimum Gasteiger partial charge on any atom is -0.338 e. The van der Waals surface area contributed by atoms with Gasteiger partial charge in [0.2, 0.25) is 5.89 Å². The van der Waals surface area contributed by atoms with Gasteiger partial charge in [-0.2, -0.15) is 4.98 Å². The van der Waals surface area contributed by atoms with Crippen molar-refractivity contribution in [2.75, 3.05) is 20.1 Å². The summed E-state index contributed by atoms with van der Waals surface area (Å²) >= 11 is 0. The van der Waals surface area contributed by atoms with E-state index in [-0.39, 0.29) is 6.04 Å².